The Morgan fingerprint density at radius 1 is 1.54 bits per heavy atom. The van der Waals surface area contributed by atoms with Crippen molar-refractivity contribution in [3.05, 3.63) is 36.0 Å². The molecule has 0 fully saturated rings. The van der Waals surface area contributed by atoms with Crippen molar-refractivity contribution in [2.75, 3.05) is 6.61 Å². The quantitative estimate of drug-likeness (QED) is 0.620. The van der Waals surface area contributed by atoms with Crippen molar-refractivity contribution >= 4 is 5.97 Å². The van der Waals surface area contributed by atoms with Crippen LogP contribution in [0.4, 0.5) is 0 Å². The summed E-state index contributed by atoms with van der Waals surface area (Å²) in [7, 11) is 0. The van der Waals surface area contributed by atoms with Gasteiger partial charge in [-0.3, -0.25) is 4.79 Å². The number of carbonyl (C=O) groups is 1. The summed E-state index contributed by atoms with van der Waals surface area (Å²) in [5, 5.41) is 0. The van der Waals surface area contributed by atoms with E-state index in [2.05, 4.69) is 12.2 Å². The average molecular weight is 178 g/mol. The summed E-state index contributed by atoms with van der Waals surface area (Å²) in [6, 6.07) is 0. The Bertz CT molecular complexity index is 259. The largest absolute Gasteiger partial charge is 0.461 e. The molecular formula is C11H14O2. The molecule has 0 amide bonds. The molecule has 0 saturated carbocycles. The predicted octanol–water partition coefficient (Wildman–Crippen LogP) is 2.38. The summed E-state index contributed by atoms with van der Waals surface area (Å²) in [5.41, 5.74) is 1.04. The highest BCUT2D eigenvalue weighted by Crippen LogP contribution is 2.05. The summed E-state index contributed by atoms with van der Waals surface area (Å²) < 4.78 is 4.99. The van der Waals surface area contributed by atoms with Crippen LogP contribution in [0.3, 0.4) is 0 Å². The van der Waals surface area contributed by atoms with E-state index in [1.165, 1.54) is 0 Å². The first-order valence-corrected chi connectivity index (χ1v) is 4.50. The second-order valence-electron chi connectivity index (χ2n) is 2.82. The molecule has 70 valence electrons. The predicted molar refractivity (Wildman–Crippen MR) is 52.2 cm³/mol. The SMILES string of the molecule is CCC(=O)OCC1=CC=CCC=C1. The van der Waals surface area contributed by atoms with E-state index in [0.29, 0.717) is 13.0 Å². The maximum absolute atomic E-state index is 10.8. The number of carbonyl (C=O) groups excluding carboxylic acids is 1. The summed E-state index contributed by atoms with van der Waals surface area (Å²) in [5.74, 6) is -0.150. The monoisotopic (exact) mass is 178 g/mol. The van der Waals surface area contributed by atoms with Gasteiger partial charge in [0.1, 0.15) is 6.61 Å². The highest BCUT2D eigenvalue weighted by molar-refractivity contribution is 5.69. The molecule has 0 radical (unpaired) electrons. The van der Waals surface area contributed by atoms with Gasteiger partial charge < -0.3 is 4.74 Å². The number of hydrogen-bond donors (Lipinski definition) is 0. The van der Waals surface area contributed by atoms with E-state index in [0.717, 1.165) is 12.0 Å². The van der Waals surface area contributed by atoms with Crippen LogP contribution in [0.25, 0.3) is 0 Å². The zero-order valence-electron chi connectivity index (χ0n) is 7.82. The van der Waals surface area contributed by atoms with Gasteiger partial charge in [0.15, 0.2) is 0 Å². The van der Waals surface area contributed by atoms with E-state index >= 15 is 0 Å². The Hall–Kier alpha value is -1.31. The van der Waals surface area contributed by atoms with E-state index in [1.54, 1.807) is 6.92 Å². The van der Waals surface area contributed by atoms with Crippen LogP contribution in [0, 0.1) is 0 Å². The Morgan fingerprint density at radius 2 is 2.38 bits per heavy atom. The summed E-state index contributed by atoms with van der Waals surface area (Å²) in [6.45, 7) is 2.17. The van der Waals surface area contributed by atoms with Gasteiger partial charge in [-0.05, 0) is 12.0 Å². The molecule has 1 rings (SSSR count). The minimum atomic E-state index is -0.150. The summed E-state index contributed by atoms with van der Waals surface area (Å²) >= 11 is 0. The smallest absolute Gasteiger partial charge is 0.305 e. The van der Waals surface area contributed by atoms with E-state index in [-0.39, 0.29) is 5.97 Å². The first-order chi connectivity index (χ1) is 6.33. The Morgan fingerprint density at radius 3 is 3.15 bits per heavy atom. The minimum Gasteiger partial charge on any atom is -0.461 e. The van der Waals surface area contributed by atoms with Crippen molar-refractivity contribution in [3.63, 3.8) is 0 Å². The average Bonchev–Trinajstić information content (AvgIpc) is 2.42. The lowest BCUT2D eigenvalue weighted by Gasteiger charge is -2.02. The molecule has 0 heterocycles. The fraction of sp³-hybridized carbons (Fsp3) is 0.364. The van der Waals surface area contributed by atoms with Gasteiger partial charge in [0.05, 0.1) is 0 Å². The molecular weight excluding hydrogens is 164 g/mol. The summed E-state index contributed by atoms with van der Waals surface area (Å²) in [6.07, 6.45) is 11.4. The molecule has 0 atom stereocenters. The van der Waals surface area contributed by atoms with E-state index in [9.17, 15) is 4.79 Å². The maximum Gasteiger partial charge on any atom is 0.305 e. The molecule has 2 heteroatoms. The second-order valence-corrected chi connectivity index (χ2v) is 2.82. The molecule has 2 nitrogen and oxygen atoms in total. The topological polar surface area (TPSA) is 26.3 Å². The molecule has 0 unspecified atom stereocenters. The van der Waals surface area contributed by atoms with Crippen LogP contribution in [0.15, 0.2) is 36.0 Å². The van der Waals surface area contributed by atoms with E-state index < -0.39 is 0 Å². The van der Waals surface area contributed by atoms with Gasteiger partial charge >= 0.3 is 5.97 Å². The third-order valence-corrected chi connectivity index (χ3v) is 1.74. The number of allylic oxidation sites excluding steroid dienone is 4. The van der Waals surface area contributed by atoms with Gasteiger partial charge in [-0.25, -0.2) is 0 Å². The number of ether oxygens (including phenoxy) is 1. The fourth-order valence-electron chi connectivity index (χ4n) is 0.986. The maximum atomic E-state index is 10.8. The molecule has 13 heavy (non-hydrogen) atoms. The lowest BCUT2D eigenvalue weighted by molar-refractivity contribution is -0.142. The van der Waals surface area contributed by atoms with Crippen molar-refractivity contribution in [2.45, 2.75) is 19.8 Å². The van der Waals surface area contributed by atoms with Gasteiger partial charge in [0.2, 0.25) is 0 Å². The highest BCUT2D eigenvalue weighted by Gasteiger charge is 1.99. The molecule has 0 saturated heterocycles. The Labute approximate surface area is 78.6 Å². The van der Waals surface area contributed by atoms with Crippen molar-refractivity contribution in [1.29, 1.82) is 0 Å². The van der Waals surface area contributed by atoms with Crippen molar-refractivity contribution in [1.82, 2.24) is 0 Å². The number of rotatable bonds is 3. The molecule has 0 spiro atoms. The van der Waals surface area contributed by atoms with Crippen LogP contribution >= 0.6 is 0 Å². The highest BCUT2D eigenvalue weighted by atomic mass is 16.5. The van der Waals surface area contributed by atoms with Crippen LogP contribution in [0.2, 0.25) is 0 Å². The van der Waals surface area contributed by atoms with Gasteiger partial charge in [-0.15, -0.1) is 0 Å². The van der Waals surface area contributed by atoms with Crippen LogP contribution in [-0.2, 0) is 9.53 Å². The van der Waals surface area contributed by atoms with Gasteiger partial charge in [-0.2, -0.15) is 0 Å². The molecule has 1 aliphatic rings. The number of esters is 1. The second kappa shape index (κ2) is 5.36. The standard InChI is InChI=1S/C11H14O2/c1-2-11(12)13-9-10-7-5-3-4-6-8-10/h3,5-8H,2,4,9H2,1H3. The third-order valence-electron chi connectivity index (χ3n) is 1.74. The Kier molecular flexibility index (Phi) is 4.03. The first-order valence-electron chi connectivity index (χ1n) is 4.50. The zero-order valence-corrected chi connectivity index (χ0v) is 7.82. The van der Waals surface area contributed by atoms with Crippen LogP contribution in [0.1, 0.15) is 19.8 Å². The molecule has 0 bridgehead atoms. The molecule has 1 aliphatic carbocycles. The van der Waals surface area contributed by atoms with Crippen LogP contribution in [-0.4, -0.2) is 12.6 Å². The molecule has 0 aromatic rings. The van der Waals surface area contributed by atoms with Crippen LogP contribution in [0.5, 0.6) is 0 Å². The Balaban J connectivity index is 2.40. The molecule has 0 N–H and O–H groups in total. The van der Waals surface area contributed by atoms with Gasteiger partial charge in [0, 0.05) is 6.42 Å². The van der Waals surface area contributed by atoms with Gasteiger partial charge in [-0.1, -0.05) is 37.3 Å². The minimum absolute atomic E-state index is 0.150. The normalized spacial score (nSPS) is 15.0. The third kappa shape index (κ3) is 3.74. The van der Waals surface area contributed by atoms with E-state index in [1.807, 2.05) is 18.2 Å². The van der Waals surface area contributed by atoms with Gasteiger partial charge in [0.25, 0.3) is 0 Å². The number of hydrogen-bond acceptors (Lipinski definition) is 2. The summed E-state index contributed by atoms with van der Waals surface area (Å²) in [4.78, 5) is 10.8. The van der Waals surface area contributed by atoms with Crippen LogP contribution < -0.4 is 0 Å². The first kappa shape index (κ1) is 9.78. The molecule has 0 aromatic carbocycles. The van der Waals surface area contributed by atoms with Crippen molar-refractivity contribution < 1.29 is 9.53 Å². The zero-order chi connectivity index (χ0) is 9.52. The lowest BCUT2D eigenvalue weighted by Crippen LogP contribution is -2.04. The van der Waals surface area contributed by atoms with Crippen molar-refractivity contribution in [2.24, 2.45) is 0 Å². The molecule has 0 aromatic heterocycles. The fourth-order valence-corrected chi connectivity index (χ4v) is 0.986. The lowest BCUT2D eigenvalue weighted by atomic mass is 10.2. The van der Waals surface area contributed by atoms with Crippen molar-refractivity contribution in [3.8, 4) is 0 Å². The van der Waals surface area contributed by atoms with E-state index in [4.69, 9.17) is 4.74 Å². The molecule has 0 aliphatic heterocycles.